The van der Waals surface area contributed by atoms with E-state index in [1.165, 1.54) is 44.6 Å². The van der Waals surface area contributed by atoms with Crippen LogP contribution in [0.1, 0.15) is 44.3 Å². The summed E-state index contributed by atoms with van der Waals surface area (Å²) in [5, 5.41) is 8.59. The van der Waals surface area contributed by atoms with Crippen molar-refractivity contribution in [3.63, 3.8) is 0 Å². The molecule has 0 radical (unpaired) electrons. The molecule has 4 nitrogen and oxygen atoms in total. The first kappa shape index (κ1) is 11.2. The number of fused-ring (bicyclic) bond motifs is 1. The summed E-state index contributed by atoms with van der Waals surface area (Å²) in [4.78, 5) is 2.57. The van der Waals surface area contributed by atoms with E-state index in [0.717, 1.165) is 31.3 Å². The normalized spacial score (nSPS) is 21.9. The highest BCUT2D eigenvalue weighted by Crippen LogP contribution is 2.26. The SMILES string of the molecule is CCc1nnc2n1CCN(CC1CCCC1)C2. The fourth-order valence-electron chi connectivity index (χ4n) is 3.24. The Hall–Kier alpha value is -0.900. The molecule has 0 amide bonds. The first-order chi connectivity index (χ1) is 8.36. The largest absolute Gasteiger partial charge is 0.313 e. The molecule has 0 aromatic carbocycles. The molecular formula is C13H22N4. The van der Waals surface area contributed by atoms with Gasteiger partial charge in [-0.2, -0.15) is 0 Å². The average molecular weight is 234 g/mol. The number of nitrogens with zero attached hydrogens (tertiary/aromatic N) is 4. The van der Waals surface area contributed by atoms with Crippen LogP contribution in [0.2, 0.25) is 0 Å². The third-order valence-corrected chi connectivity index (χ3v) is 4.22. The number of aryl methyl sites for hydroxylation is 1. The van der Waals surface area contributed by atoms with Gasteiger partial charge in [-0.3, -0.25) is 4.90 Å². The van der Waals surface area contributed by atoms with E-state index >= 15 is 0 Å². The van der Waals surface area contributed by atoms with Crippen molar-refractivity contribution in [1.29, 1.82) is 0 Å². The summed E-state index contributed by atoms with van der Waals surface area (Å²) in [7, 11) is 0. The maximum absolute atomic E-state index is 4.32. The second-order valence-electron chi connectivity index (χ2n) is 5.42. The van der Waals surface area contributed by atoms with Gasteiger partial charge in [0, 0.05) is 26.1 Å². The van der Waals surface area contributed by atoms with Crippen molar-refractivity contribution < 1.29 is 0 Å². The maximum atomic E-state index is 4.32. The lowest BCUT2D eigenvalue weighted by molar-refractivity contribution is 0.184. The van der Waals surface area contributed by atoms with Crippen LogP contribution < -0.4 is 0 Å². The second kappa shape index (κ2) is 4.77. The Morgan fingerprint density at radius 2 is 2.00 bits per heavy atom. The second-order valence-corrected chi connectivity index (χ2v) is 5.42. The predicted molar refractivity (Wildman–Crippen MR) is 66.6 cm³/mol. The Labute approximate surface area is 103 Å². The lowest BCUT2D eigenvalue weighted by Gasteiger charge is -2.29. The summed E-state index contributed by atoms with van der Waals surface area (Å²) in [6.45, 7) is 6.69. The van der Waals surface area contributed by atoms with Crippen LogP contribution in [-0.2, 0) is 19.5 Å². The van der Waals surface area contributed by atoms with Gasteiger partial charge in [0.1, 0.15) is 11.6 Å². The predicted octanol–water partition coefficient (Wildman–Crippen LogP) is 1.85. The number of aromatic nitrogens is 3. The molecule has 1 aromatic heterocycles. The van der Waals surface area contributed by atoms with Gasteiger partial charge in [-0.25, -0.2) is 0 Å². The highest BCUT2D eigenvalue weighted by molar-refractivity contribution is 4.99. The van der Waals surface area contributed by atoms with Crippen molar-refractivity contribution in [2.75, 3.05) is 13.1 Å². The molecule has 1 aliphatic heterocycles. The highest BCUT2D eigenvalue weighted by Gasteiger charge is 2.24. The lowest BCUT2D eigenvalue weighted by atomic mass is 10.1. The molecule has 1 aromatic rings. The van der Waals surface area contributed by atoms with Crippen LogP contribution in [-0.4, -0.2) is 32.8 Å². The molecule has 0 bridgehead atoms. The molecule has 1 aliphatic carbocycles. The molecule has 0 saturated heterocycles. The number of hydrogen-bond donors (Lipinski definition) is 0. The highest BCUT2D eigenvalue weighted by atomic mass is 15.3. The summed E-state index contributed by atoms with van der Waals surface area (Å²) in [6.07, 6.45) is 6.74. The minimum atomic E-state index is 0.940. The van der Waals surface area contributed by atoms with Crippen molar-refractivity contribution in [2.45, 2.75) is 52.1 Å². The van der Waals surface area contributed by atoms with E-state index in [1.807, 2.05) is 0 Å². The van der Waals surface area contributed by atoms with Gasteiger partial charge in [0.05, 0.1) is 6.54 Å². The average Bonchev–Trinajstić information content (AvgIpc) is 2.97. The zero-order valence-corrected chi connectivity index (χ0v) is 10.7. The van der Waals surface area contributed by atoms with Crippen LogP contribution in [0.15, 0.2) is 0 Å². The minimum Gasteiger partial charge on any atom is -0.313 e. The van der Waals surface area contributed by atoms with Crippen LogP contribution >= 0.6 is 0 Å². The molecular weight excluding hydrogens is 212 g/mol. The van der Waals surface area contributed by atoms with Crippen molar-refractivity contribution in [3.8, 4) is 0 Å². The fourth-order valence-corrected chi connectivity index (χ4v) is 3.24. The quantitative estimate of drug-likeness (QED) is 0.800. The monoisotopic (exact) mass is 234 g/mol. The van der Waals surface area contributed by atoms with Crippen LogP contribution in [0.4, 0.5) is 0 Å². The summed E-state index contributed by atoms with van der Waals surface area (Å²) in [5.41, 5.74) is 0. The Morgan fingerprint density at radius 1 is 1.18 bits per heavy atom. The molecule has 4 heteroatoms. The molecule has 94 valence electrons. The van der Waals surface area contributed by atoms with Gasteiger partial charge in [0.2, 0.25) is 0 Å². The molecule has 1 saturated carbocycles. The van der Waals surface area contributed by atoms with Crippen molar-refractivity contribution >= 4 is 0 Å². The van der Waals surface area contributed by atoms with Gasteiger partial charge in [0.25, 0.3) is 0 Å². The number of rotatable bonds is 3. The van der Waals surface area contributed by atoms with E-state index in [1.54, 1.807) is 0 Å². The van der Waals surface area contributed by atoms with Crippen LogP contribution in [0, 0.1) is 5.92 Å². The van der Waals surface area contributed by atoms with E-state index in [4.69, 9.17) is 0 Å². The molecule has 2 heterocycles. The third-order valence-electron chi connectivity index (χ3n) is 4.22. The Morgan fingerprint density at radius 3 is 2.76 bits per heavy atom. The smallest absolute Gasteiger partial charge is 0.147 e. The van der Waals surface area contributed by atoms with E-state index < -0.39 is 0 Å². The van der Waals surface area contributed by atoms with Gasteiger partial charge in [-0.15, -0.1) is 10.2 Å². The van der Waals surface area contributed by atoms with Gasteiger partial charge in [-0.05, 0) is 18.8 Å². The zero-order valence-electron chi connectivity index (χ0n) is 10.7. The maximum Gasteiger partial charge on any atom is 0.147 e. The van der Waals surface area contributed by atoms with Crippen LogP contribution in [0.3, 0.4) is 0 Å². The van der Waals surface area contributed by atoms with E-state index in [2.05, 4.69) is 26.6 Å². The standard InChI is InChI=1S/C13H22N4/c1-2-12-14-15-13-10-16(7-8-17(12)13)9-11-5-3-4-6-11/h11H,2-10H2,1H3. The van der Waals surface area contributed by atoms with Gasteiger partial charge in [-0.1, -0.05) is 19.8 Å². The minimum absolute atomic E-state index is 0.940. The fraction of sp³-hybridized carbons (Fsp3) is 0.846. The zero-order chi connectivity index (χ0) is 11.7. The third kappa shape index (κ3) is 2.23. The van der Waals surface area contributed by atoms with Gasteiger partial charge < -0.3 is 4.57 Å². The molecule has 17 heavy (non-hydrogen) atoms. The molecule has 0 atom stereocenters. The van der Waals surface area contributed by atoms with E-state index in [0.29, 0.717) is 0 Å². The molecule has 3 rings (SSSR count). The van der Waals surface area contributed by atoms with Crippen LogP contribution in [0.25, 0.3) is 0 Å². The first-order valence-electron chi connectivity index (χ1n) is 7.00. The van der Waals surface area contributed by atoms with E-state index in [-0.39, 0.29) is 0 Å². The molecule has 0 unspecified atom stereocenters. The topological polar surface area (TPSA) is 34.0 Å². The van der Waals surface area contributed by atoms with E-state index in [9.17, 15) is 0 Å². The van der Waals surface area contributed by atoms with Gasteiger partial charge in [0.15, 0.2) is 0 Å². The summed E-state index contributed by atoms with van der Waals surface area (Å²) < 4.78 is 2.31. The Kier molecular flexibility index (Phi) is 3.14. The summed E-state index contributed by atoms with van der Waals surface area (Å²) in [5.74, 6) is 3.27. The van der Waals surface area contributed by atoms with Crippen molar-refractivity contribution in [3.05, 3.63) is 11.6 Å². The summed E-state index contributed by atoms with van der Waals surface area (Å²) >= 11 is 0. The lowest BCUT2D eigenvalue weighted by Crippen LogP contribution is -2.37. The molecule has 2 aliphatic rings. The van der Waals surface area contributed by atoms with Crippen LogP contribution in [0.5, 0.6) is 0 Å². The van der Waals surface area contributed by atoms with Crippen molar-refractivity contribution in [2.24, 2.45) is 5.92 Å². The Balaban J connectivity index is 1.64. The molecule has 1 fully saturated rings. The van der Waals surface area contributed by atoms with Gasteiger partial charge >= 0.3 is 0 Å². The first-order valence-corrected chi connectivity index (χ1v) is 7.00. The molecule has 0 N–H and O–H groups in total. The summed E-state index contributed by atoms with van der Waals surface area (Å²) in [6, 6.07) is 0. The van der Waals surface area contributed by atoms with Crippen molar-refractivity contribution in [1.82, 2.24) is 19.7 Å². The number of hydrogen-bond acceptors (Lipinski definition) is 3. The molecule has 0 spiro atoms. The Bertz CT molecular complexity index is 379.